The molecule has 3 aromatic carbocycles. The fourth-order valence-electron chi connectivity index (χ4n) is 2.60. The molecular formula is C19H20O2Si. The van der Waals surface area contributed by atoms with Gasteiger partial charge in [0, 0.05) is 10.8 Å². The first-order valence-electron chi connectivity index (χ1n) is 7.45. The number of rotatable bonds is 3. The first kappa shape index (κ1) is 14.7. The molecule has 0 radical (unpaired) electrons. The lowest BCUT2D eigenvalue weighted by Crippen LogP contribution is -2.37. The molecular weight excluding hydrogens is 288 g/mol. The number of ether oxygens (including phenoxy) is 1. The van der Waals surface area contributed by atoms with Crippen molar-refractivity contribution in [3.8, 4) is 17.2 Å². The molecule has 0 aliphatic carbocycles. The molecule has 0 saturated heterocycles. The van der Waals surface area contributed by atoms with E-state index in [1.165, 1.54) is 0 Å². The van der Waals surface area contributed by atoms with Crippen LogP contribution in [0.25, 0.3) is 10.8 Å². The van der Waals surface area contributed by atoms with Gasteiger partial charge in [-0.1, -0.05) is 62.1 Å². The van der Waals surface area contributed by atoms with Crippen molar-refractivity contribution in [3.05, 3.63) is 60.7 Å². The molecule has 2 nitrogen and oxygen atoms in total. The molecule has 0 atom stereocenters. The Kier molecular flexibility index (Phi) is 3.67. The standard InChI is InChI=1S/C19H20O2Si/c1-22(2,3)18-13-17(21-14-9-5-4-6-10-14)15-11-7-8-12-16(15)19(18)20/h4-13,20H,1-3H3. The van der Waals surface area contributed by atoms with Gasteiger partial charge in [-0.25, -0.2) is 0 Å². The molecule has 0 aromatic heterocycles. The molecule has 0 fully saturated rings. The Morgan fingerprint density at radius 1 is 0.818 bits per heavy atom. The zero-order chi connectivity index (χ0) is 15.7. The van der Waals surface area contributed by atoms with E-state index in [2.05, 4.69) is 19.6 Å². The highest BCUT2D eigenvalue weighted by Gasteiger charge is 2.24. The molecule has 0 aliphatic rings. The van der Waals surface area contributed by atoms with Crippen LogP contribution in [0.3, 0.4) is 0 Å². The van der Waals surface area contributed by atoms with Gasteiger partial charge in [0.15, 0.2) is 0 Å². The zero-order valence-corrected chi connectivity index (χ0v) is 14.1. The van der Waals surface area contributed by atoms with Gasteiger partial charge in [0.25, 0.3) is 0 Å². The third-order valence-corrected chi connectivity index (χ3v) is 5.75. The van der Waals surface area contributed by atoms with Crippen LogP contribution < -0.4 is 9.92 Å². The lowest BCUT2D eigenvalue weighted by atomic mass is 10.1. The molecule has 0 unspecified atom stereocenters. The van der Waals surface area contributed by atoms with E-state index in [0.717, 1.165) is 27.5 Å². The molecule has 0 heterocycles. The molecule has 0 amide bonds. The van der Waals surface area contributed by atoms with Crippen LogP contribution in [0.4, 0.5) is 0 Å². The molecule has 3 heteroatoms. The molecule has 3 aromatic rings. The van der Waals surface area contributed by atoms with Crippen LogP contribution >= 0.6 is 0 Å². The van der Waals surface area contributed by atoms with Crippen molar-refractivity contribution in [1.29, 1.82) is 0 Å². The molecule has 112 valence electrons. The fraction of sp³-hybridized carbons (Fsp3) is 0.158. The van der Waals surface area contributed by atoms with Gasteiger partial charge in [0.05, 0.1) is 8.07 Å². The van der Waals surface area contributed by atoms with Gasteiger partial charge in [-0.05, 0) is 23.4 Å². The summed E-state index contributed by atoms with van der Waals surface area (Å²) in [6.45, 7) is 6.68. The third kappa shape index (κ3) is 2.72. The van der Waals surface area contributed by atoms with Gasteiger partial charge >= 0.3 is 0 Å². The number of hydrogen-bond donors (Lipinski definition) is 1. The normalized spacial score (nSPS) is 11.6. The number of aromatic hydroxyl groups is 1. The monoisotopic (exact) mass is 308 g/mol. The summed E-state index contributed by atoms with van der Waals surface area (Å²) in [5, 5.41) is 13.5. The van der Waals surface area contributed by atoms with E-state index >= 15 is 0 Å². The molecule has 22 heavy (non-hydrogen) atoms. The average molecular weight is 308 g/mol. The van der Waals surface area contributed by atoms with Crippen LogP contribution in [-0.2, 0) is 0 Å². The number of phenols is 1. The largest absolute Gasteiger partial charge is 0.507 e. The molecule has 0 spiro atoms. The van der Waals surface area contributed by atoms with Gasteiger partial charge in [0.1, 0.15) is 17.2 Å². The highest BCUT2D eigenvalue weighted by atomic mass is 28.3. The summed E-state index contributed by atoms with van der Waals surface area (Å²) in [5.74, 6) is 2.01. The van der Waals surface area contributed by atoms with Gasteiger partial charge in [-0.15, -0.1) is 0 Å². The minimum Gasteiger partial charge on any atom is -0.507 e. The maximum atomic E-state index is 10.7. The summed E-state index contributed by atoms with van der Waals surface area (Å²) < 4.78 is 6.09. The quantitative estimate of drug-likeness (QED) is 0.699. The van der Waals surface area contributed by atoms with Crippen molar-refractivity contribution in [2.45, 2.75) is 19.6 Å². The van der Waals surface area contributed by atoms with Gasteiger partial charge in [-0.3, -0.25) is 0 Å². The van der Waals surface area contributed by atoms with Crippen molar-refractivity contribution >= 4 is 24.0 Å². The smallest absolute Gasteiger partial charge is 0.135 e. The van der Waals surface area contributed by atoms with Crippen LogP contribution in [0.1, 0.15) is 0 Å². The fourth-order valence-corrected chi connectivity index (χ4v) is 4.01. The minimum absolute atomic E-state index is 0.398. The number of fused-ring (bicyclic) bond motifs is 1. The first-order valence-corrected chi connectivity index (χ1v) is 10.9. The zero-order valence-electron chi connectivity index (χ0n) is 13.1. The number of phenolic OH excluding ortho intramolecular Hbond substituents is 1. The number of para-hydroxylation sites is 1. The van der Waals surface area contributed by atoms with Crippen LogP contribution in [0.15, 0.2) is 60.7 Å². The van der Waals surface area contributed by atoms with Crippen LogP contribution in [0.2, 0.25) is 19.6 Å². The Bertz CT molecular complexity index is 805. The summed E-state index contributed by atoms with van der Waals surface area (Å²) in [6, 6.07) is 19.6. The van der Waals surface area contributed by atoms with Gasteiger partial charge in [0.2, 0.25) is 0 Å². The van der Waals surface area contributed by atoms with Crippen molar-refractivity contribution < 1.29 is 9.84 Å². The maximum absolute atomic E-state index is 10.7. The summed E-state index contributed by atoms with van der Waals surface area (Å²) in [7, 11) is -1.67. The highest BCUT2D eigenvalue weighted by Crippen LogP contribution is 2.35. The van der Waals surface area contributed by atoms with E-state index in [0.29, 0.717) is 5.75 Å². The second-order valence-corrected chi connectivity index (χ2v) is 11.5. The third-order valence-electron chi connectivity index (χ3n) is 3.76. The van der Waals surface area contributed by atoms with Crippen molar-refractivity contribution in [1.82, 2.24) is 0 Å². The number of hydrogen-bond acceptors (Lipinski definition) is 2. The van der Waals surface area contributed by atoms with E-state index in [9.17, 15) is 5.11 Å². The van der Waals surface area contributed by atoms with Gasteiger partial charge < -0.3 is 9.84 Å². The molecule has 0 aliphatic heterocycles. The van der Waals surface area contributed by atoms with Crippen molar-refractivity contribution in [3.63, 3.8) is 0 Å². The minimum atomic E-state index is -1.67. The average Bonchev–Trinajstić information content (AvgIpc) is 2.50. The summed E-state index contributed by atoms with van der Waals surface area (Å²) in [4.78, 5) is 0. The van der Waals surface area contributed by atoms with Crippen LogP contribution in [0, 0.1) is 0 Å². The summed E-state index contributed by atoms with van der Waals surface area (Å²) in [6.07, 6.45) is 0. The Hall–Kier alpha value is -2.26. The summed E-state index contributed by atoms with van der Waals surface area (Å²) in [5.41, 5.74) is 0. The van der Waals surface area contributed by atoms with E-state index in [4.69, 9.17) is 4.74 Å². The maximum Gasteiger partial charge on any atom is 0.135 e. The summed E-state index contributed by atoms with van der Waals surface area (Å²) >= 11 is 0. The van der Waals surface area contributed by atoms with Gasteiger partial charge in [-0.2, -0.15) is 0 Å². The van der Waals surface area contributed by atoms with E-state index in [-0.39, 0.29) is 0 Å². The first-order chi connectivity index (χ1) is 10.5. The van der Waals surface area contributed by atoms with E-state index < -0.39 is 8.07 Å². The molecule has 0 bridgehead atoms. The lowest BCUT2D eigenvalue weighted by molar-refractivity contribution is 0.476. The topological polar surface area (TPSA) is 29.5 Å². The van der Waals surface area contributed by atoms with E-state index in [1.807, 2.05) is 60.7 Å². The van der Waals surface area contributed by atoms with Crippen LogP contribution in [0.5, 0.6) is 17.2 Å². The second kappa shape index (κ2) is 5.50. The predicted molar refractivity (Wildman–Crippen MR) is 95.1 cm³/mol. The Morgan fingerprint density at radius 2 is 1.41 bits per heavy atom. The van der Waals surface area contributed by atoms with Crippen molar-refractivity contribution in [2.75, 3.05) is 0 Å². The predicted octanol–water partition coefficient (Wildman–Crippen LogP) is 4.88. The Balaban J connectivity index is 2.22. The highest BCUT2D eigenvalue weighted by molar-refractivity contribution is 6.89. The Labute approximate surface area is 132 Å². The van der Waals surface area contributed by atoms with E-state index in [1.54, 1.807) is 0 Å². The Morgan fingerprint density at radius 3 is 2.05 bits per heavy atom. The number of benzene rings is 3. The molecule has 3 rings (SSSR count). The van der Waals surface area contributed by atoms with Crippen molar-refractivity contribution in [2.24, 2.45) is 0 Å². The second-order valence-electron chi connectivity index (χ2n) is 6.48. The van der Waals surface area contributed by atoms with Crippen LogP contribution in [-0.4, -0.2) is 13.2 Å². The molecule has 1 N–H and O–H groups in total. The SMILES string of the molecule is C[Si](C)(C)c1cc(Oc2ccccc2)c2ccccc2c1O. The molecule has 0 saturated carbocycles. The lowest BCUT2D eigenvalue weighted by Gasteiger charge is -2.21.